The van der Waals surface area contributed by atoms with Gasteiger partial charge in [-0.1, -0.05) is 6.07 Å². The number of fused-ring (bicyclic) bond motifs is 1. The molecule has 0 saturated carbocycles. The minimum atomic E-state index is -0.562. The van der Waals surface area contributed by atoms with E-state index in [-0.39, 0.29) is 17.7 Å². The molecule has 0 bridgehead atoms. The summed E-state index contributed by atoms with van der Waals surface area (Å²) in [4.78, 5) is 35.7. The van der Waals surface area contributed by atoms with Crippen LogP contribution in [0.1, 0.15) is 0 Å². The Morgan fingerprint density at radius 2 is 2.00 bits per heavy atom. The van der Waals surface area contributed by atoms with Gasteiger partial charge in [0.15, 0.2) is 0 Å². The topological polar surface area (TPSA) is 70.9 Å². The highest BCUT2D eigenvalue weighted by atomic mass is 16.2. The fourth-order valence-electron chi connectivity index (χ4n) is 1.95. The summed E-state index contributed by atoms with van der Waals surface area (Å²) in [5.74, 6) is -0.405. The van der Waals surface area contributed by atoms with Gasteiger partial charge >= 0.3 is 6.03 Å². The van der Waals surface area contributed by atoms with Gasteiger partial charge in [-0.25, -0.2) is 4.79 Å². The van der Waals surface area contributed by atoms with Crippen LogP contribution in [0.25, 0.3) is 5.52 Å². The van der Waals surface area contributed by atoms with Crippen LogP contribution in [0.4, 0.5) is 10.5 Å². The van der Waals surface area contributed by atoms with Gasteiger partial charge in [0, 0.05) is 24.0 Å². The lowest BCUT2D eigenvalue weighted by molar-refractivity contribution is -0.117. The van der Waals surface area contributed by atoms with E-state index < -0.39 is 11.9 Å². The van der Waals surface area contributed by atoms with Crippen LogP contribution in [0.2, 0.25) is 0 Å². The maximum Gasteiger partial charge on any atom is 0.329 e. The quantitative estimate of drug-likeness (QED) is 0.735. The lowest BCUT2D eigenvalue weighted by Crippen LogP contribution is -2.31. The summed E-state index contributed by atoms with van der Waals surface area (Å²) >= 11 is 0. The fraction of sp³-hybridized carbons (Fsp3) is 0.0833. The Hall–Kier alpha value is -2.63. The summed E-state index contributed by atoms with van der Waals surface area (Å²) in [6, 6.07) is 6.30. The molecule has 6 nitrogen and oxygen atoms in total. The Balaban J connectivity index is 2.18. The molecule has 0 spiro atoms. The predicted molar refractivity (Wildman–Crippen MR) is 64.6 cm³/mol. The number of hydrogen-bond acceptors (Lipinski definition) is 3. The summed E-state index contributed by atoms with van der Waals surface area (Å²) in [7, 11) is 0. The second kappa shape index (κ2) is 3.69. The number of rotatable bonds is 1. The lowest BCUT2D eigenvalue weighted by atomic mass is 10.3. The van der Waals surface area contributed by atoms with Gasteiger partial charge in [0.25, 0.3) is 0 Å². The molecule has 0 radical (unpaired) electrons. The Morgan fingerprint density at radius 3 is 2.72 bits per heavy atom. The first-order valence-corrected chi connectivity index (χ1v) is 5.37. The van der Waals surface area contributed by atoms with E-state index in [1.807, 2.05) is 12.1 Å². The van der Waals surface area contributed by atoms with Crippen molar-refractivity contribution in [2.24, 2.45) is 0 Å². The van der Waals surface area contributed by atoms with Crippen molar-refractivity contribution in [2.75, 3.05) is 11.4 Å². The van der Waals surface area contributed by atoms with Gasteiger partial charge in [-0.3, -0.25) is 19.8 Å². The van der Waals surface area contributed by atoms with Crippen LogP contribution in [-0.2, 0) is 4.79 Å². The van der Waals surface area contributed by atoms with Crippen LogP contribution in [0.5, 0.6) is 0 Å². The number of hydrogen-bond donors (Lipinski definition) is 1. The molecular weight excluding hydrogens is 234 g/mol. The molecule has 0 aromatic carbocycles. The molecule has 3 amide bonds. The molecular formula is C12H9N3O3. The molecule has 1 aliphatic heterocycles. The molecule has 1 N–H and O–H groups in total. The number of urea groups is 1. The maximum absolute atomic E-state index is 11.9. The molecule has 3 rings (SSSR count). The summed E-state index contributed by atoms with van der Waals surface area (Å²) < 4.78 is 1.73. The van der Waals surface area contributed by atoms with E-state index in [9.17, 15) is 14.4 Å². The van der Waals surface area contributed by atoms with Gasteiger partial charge in [-0.15, -0.1) is 0 Å². The lowest BCUT2D eigenvalue weighted by Gasteiger charge is -2.13. The first-order valence-electron chi connectivity index (χ1n) is 5.37. The number of nitrogens with one attached hydrogen (secondary N) is 1. The Morgan fingerprint density at radius 1 is 1.17 bits per heavy atom. The second-order valence-electron chi connectivity index (χ2n) is 4.00. The van der Waals surface area contributed by atoms with Crippen LogP contribution in [-0.4, -0.2) is 22.9 Å². The molecule has 0 aliphatic carbocycles. The maximum atomic E-state index is 11.9. The predicted octanol–water partition coefficient (Wildman–Crippen LogP) is 0.356. The van der Waals surface area contributed by atoms with E-state index in [0.29, 0.717) is 0 Å². The van der Waals surface area contributed by atoms with Gasteiger partial charge in [-0.2, -0.15) is 0 Å². The van der Waals surface area contributed by atoms with E-state index in [1.165, 1.54) is 6.07 Å². The van der Waals surface area contributed by atoms with Crippen molar-refractivity contribution in [1.82, 2.24) is 9.72 Å². The van der Waals surface area contributed by atoms with Gasteiger partial charge in [0.1, 0.15) is 12.2 Å². The molecule has 2 aromatic rings. The summed E-state index contributed by atoms with van der Waals surface area (Å²) in [5.41, 5.74) is 0.644. The molecule has 0 atom stereocenters. The first-order chi connectivity index (χ1) is 8.65. The van der Waals surface area contributed by atoms with E-state index >= 15 is 0 Å². The van der Waals surface area contributed by atoms with Crippen LogP contribution in [0.15, 0.2) is 41.5 Å². The van der Waals surface area contributed by atoms with E-state index in [1.54, 1.807) is 22.9 Å². The molecule has 1 fully saturated rings. The average molecular weight is 243 g/mol. The number of imide groups is 1. The second-order valence-corrected chi connectivity index (χ2v) is 4.00. The zero-order valence-corrected chi connectivity index (χ0v) is 9.29. The van der Waals surface area contributed by atoms with E-state index in [4.69, 9.17) is 0 Å². The van der Waals surface area contributed by atoms with Crippen molar-refractivity contribution in [3.8, 4) is 0 Å². The zero-order chi connectivity index (χ0) is 12.7. The Labute approximate surface area is 101 Å². The molecule has 90 valence electrons. The number of nitrogens with zero attached hydrogens (tertiary/aromatic N) is 2. The molecule has 0 unspecified atom stereocenters. The van der Waals surface area contributed by atoms with Gasteiger partial charge < -0.3 is 4.40 Å². The molecule has 1 saturated heterocycles. The highest BCUT2D eigenvalue weighted by Gasteiger charge is 2.29. The summed E-state index contributed by atoms with van der Waals surface area (Å²) in [5, 5.41) is 2.14. The van der Waals surface area contributed by atoms with Crippen LogP contribution in [0.3, 0.4) is 0 Å². The smallest absolute Gasteiger partial charge is 0.322 e. The minimum Gasteiger partial charge on any atom is -0.322 e. The molecule has 1 aliphatic rings. The number of amides is 3. The first kappa shape index (κ1) is 10.5. The zero-order valence-electron chi connectivity index (χ0n) is 9.29. The summed E-state index contributed by atoms with van der Waals surface area (Å²) in [6.07, 6.45) is 3.32. The largest absolute Gasteiger partial charge is 0.329 e. The normalized spacial score (nSPS) is 15.2. The van der Waals surface area contributed by atoms with Crippen molar-refractivity contribution in [3.63, 3.8) is 0 Å². The summed E-state index contributed by atoms with van der Waals surface area (Å²) in [6.45, 7) is -0.118. The van der Waals surface area contributed by atoms with Crippen molar-refractivity contribution < 1.29 is 9.59 Å². The molecule has 2 aromatic heterocycles. The monoisotopic (exact) mass is 243 g/mol. The van der Waals surface area contributed by atoms with Crippen LogP contribution >= 0.6 is 0 Å². The SMILES string of the molecule is O=C1CN(c2cn3ccccc3cc2=O)C(=O)N1. The number of anilines is 1. The Kier molecular flexibility index (Phi) is 2.16. The third-order valence-electron chi connectivity index (χ3n) is 2.80. The van der Waals surface area contributed by atoms with Crippen LogP contribution < -0.4 is 15.6 Å². The number of pyridine rings is 2. The average Bonchev–Trinajstić information content (AvgIpc) is 2.67. The third-order valence-corrected chi connectivity index (χ3v) is 2.80. The van der Waals surface area contributed by atoms with E-state index in [0.717, 1.165) is 10.4 Å². The van der Waals surface area contributed by atoms with Crippen molar-refractivity contribution in [1.29, 1.82) is 0 Å². The van der Waals surface area contributed by atoms with Crippen molar-refractivity contribution in [2.45, 2.75) is 0 Å². The molecule has 3 heterocycles. The molecule has 6 heteroatoms. The molecule has 18 heavy (non-hydrogen) atoms. The minimum absolute atomic E-state index is 0.118. The Bertz CT molecular complexity index is 720. The van der Waals surface area contributed by atoms with Gasteiger partial charge in [-0.05, 0) is 12.1 Å². The fourth-order valence-corrected chi connectivity index (χ4v) is 1.95. The standard InChI is InChI=1S/C12H9N3O3/c16-10-5-8-3-1-2-4-14(8)6-9(10)15-7-11(17)13-12(15)18/h1-6H,7H2,(H,13,17,18). The number of carbonyl (C=O) groups excluding carboxylic acids is 2. The van der Waals surface area contributed by atoms with Crippen molar-refractivity contribution >= 4 is 23.1 Å². The van der Waals surface area contributed by atoms with Gasteiger partial charge in [0.05, 0.1) is 0 Å². The van der Waals surface area contributed by atoms with Crippen molar-refractivity contribution in [3.05, 3.63) is 46.9 Å². The highest BCUT2D eigenvalue weighted by molar-refractivity contribution is 6.12. The number of aromatic nitrogens is 1. The number of carbonyl (C=O) groups is 2. The van der Waals surface area contributed by atoms with Crippen LogP contribution in [0, 0.1) is 0 Å². The van der Waals surface area contributed by atoms with E-state index in [2.05, 4.69) is 5.32 Å². The van der Waals surface area contributed by atoms with Gasteiger partial charge in [0.2, 0.25) is 11.3 Å². The third kappa shape index (κ3) is 1.55. The highest BCUT2D eigenvalue weighted by Crippen LogP contribution is 2.13.